The van der Waals surface area contributed by atoms with Crippen LogP contribution in [0, 0.1) is 5.92 Å². The van der Waals surface area contributed by atoms with Crippen molar-refractivity contribution in [3.05, 3.63) is 0 Å². The molecule has 4 nitrogen and oxygen atoms in total. The summed E-state index contributed by atoms with van der Waals surface area (Å²) in [5, 5.41) is 18.1. The third-order valence-corrected chi connectivity index (χ3v) is 2.15. The van der Waals surface area contributed by atoms with Gasteiger partial charge < -0.3 is 14.9 Å². The number of aliphatic carboxylic acids is 1. The summed E-state index contributed by atoms with van der Waals surface area (Å²) in [6, 6.07) is 0. The number of carbonyl (C=O) groups is 1. The lowest BCUT2D eigenvalue weighted by atomic mass is 9.88. The van der Waals surface area contributed by atoms with Crippen LogP contribution >= 0.6 is 0 Å². The molecule has 0 saturated carbocycles. The van der Waals surface area contributed by atoms with Crippen molar-refractivity contribution in [3.63, 3.8) is 0 Å². The quantitative estimate of drug-likeness (QED) is 0.640. The fourth-order valence-electron chi connectivity index (χ4n) is 0.786. The van der Waals surface area contributed by atoms with E-state index < -0.39 is 11.6 Å². The van der Waals surface area contributed by atoms with Gasteiger partial charge in [0.05, 0.1) is 0 Å². The molecule has 0 radical (unpaired) electrons. The highest BCUT2D eigenvalue weighted by molar-refractivity contribution is 5.76. The normalized spacial score (nSPS) is 18.3. The summed E-state index contributed by atoms with van der Waals surface area (Å²) < 4.78 is 4.78. The molecule has 0 heterocycles. The fraction of sp³-hybridized carbons (Fsp3) is 0.875. The van der Waals surface area contributed by atoms with Crippen molar-refractivity contribution in [2.24, 2.45) is 5.92 Å². The molecule has 2 atom stereocenters. The zero-order valence-corrected chi connectivity index (χ0v) is 7.70. The van der Waals surface area contributed by atoms with Crippen molar-refractivity contribution in [1.29, 1.82) is 0 Å². The van der Waals surface area contributed by atoms with Crippen molar-refractivity contribution in [1.82, 2.24) is 0 Å². The Kier molecular flexibility index (Phi) is 4.20. The first-order chi connectivity index (χ1) is 5.42. The highest BCUT2D eigenvalue weighted by Gasteiger charge is 2.35. The van der Waals surface area contributed by atoms with Gasteiger partial charge in [-0.2, -0.15) is 0 Å². The van der Waals surface area contributed by atoms with Gasteiger partial charge in [0.1, 0.15) is 0 Å². The maximum Gasteiger partial charge on any atom is 0.335 e. The number of carboxylic acids is 1. The summed E-state index contributed by atoms with van der Waals surface area (Å²) in [4.78, 5) is 10.5. The Bertz CT molecular complexity index is 153. The summed E-state index contributed by atoms with van der Waals surface area (Å²) in [7, 11) is 1.54. The first-order valence-corrected chi connectivity index (χ1v) is 3.87. The zero-order chi connectivity index (χ0) is 9.78. The number of rotatable bonds is 5. The average Bonchev–Trinajstić information content (AvgIpc) is 1.99. The number of ether oxygens (including phenoxy) is 1. The van der Waals surface area contributed by atoms with Gasteiger partial charge in [-0.1, -0.05) is 6.92 Å². The smallest absolute Gasteiger partial charge is 0.335 e. The molecule has 0 rings (SSSR count). The molecular formula is C8H16O4. The standard InChI is InChI=1S/C8H16O4/c1-6(4-5-12-3)8(2,11)7(9)10/h6,11H,4-5H2,1-3H3,(H,9,10). The van der Waals surface area contributed by atoms with Crippen LogP contribution in [0.2, 0.25) is 0 Å². The Morgan fingerprint density at radius 1 is 1.67 bits per heavy atom. The lowest BCUT2D eigenvalue weighted by molar-refractivity contribution is -0.162. The van der Waals surface area contributed by atoms with Crippen LogP contribution in [-0.2, 0) is 9.53 Å². The van der Waals surface area contributed by atoms with E-state index >= 15 is 0 Å². The van der Waals surface area contributed by atoms with Crippen LogP contribution in [0.25, 0.3) is 0 Å². The van der Waals surface area contributed by atoms with Gasteiger partial charge in [-0.15, -0.1) is 0 Å². The van der Waals surface area contributed by atoms with E-state index in [1.165, 1.54) is 6.92 Å². The molecule has 2 unspecified atom stereocenters. The number of aliphatic hydroxyl groups is 1. The summed E-state index contributed by atoms with van der Waals surface area (Å²) in [6.45, 7) is 3.45. The molecule has 0 saturated heterocycles. The van der Waals surface area contributed by atoms with Gasteiger partial charge in [-0.3, -0.25) is 0 Å². The molecule has 0 aliphatic carbocycles. The van der Waals surface area contributed by atoms with E-state index in [1.54, 1.807) is 14.0 Å². The summed E-state index contributed by atoms with van der Waals surface area (Å²) >= 11 is 0. The molecule has 12 heavy (non-hydrogen) atoms. The minimum absolute atomic E-state index is 0.310. The summed E-state index contributed by atoms with van der Waals surface area (Å²) in [6.07, 6.45) is 0.538. The van der Waals surface area contributed by atoms with Crippen LogP contribution in [-0.4, -0.2) is 35.5 Å². The van der Waals surface area contributed by atoms with Gasteiger partial charge in [-0.25, -0.2) is 4.79 Å². The van der Waals surface area contributed by atoms with E-state index in [4.69, 9.17) is 9.84 Å². The second-order valence-corrected chi connectivity index (χ2v) is 3.14. The van der Waals surface area contributed by atoms with E-state index in [0.29, 0.717) is 13.0 Å². The Hall–Kier alpha value is -0.610. The van der Waals surface area contributed by atoms with Crippen molar-refractivity contribution in [3.8, 4) is 0 Å². The highest BCUT2D eigenvalue weighted by Crippen LogP contribution is 2.20. The predicted octanol–water partition coefficient (Wildman–Crippen LogP) is 0.495. The van der Waals surface area contributed by atoms with Crippen LogP contribution in [0.4, 0.5) is 0 Å². The minimum atomic E-state index is -1.65. The maximum absolute atomic E-state index is 10.5. The number of carboxylic acid groups (broad SMARTS) is 1. The average molecular weight is 176 g/mol. The first-order valence-electron chi connectivity index (χ1n) is 3.87. The molecule has 0 fully saturated rings. The van der Waals surface area contributed by atoms with Gasteiger partial charge in [0.15, 0.2) is 5.60 Å². The third-order valence-electron chi connectivity index (χ3n) is 2.15. The van der Waals surface area contributed by atoms with Crippen LogP contribution in [0.1, 0.15) is 20.3 Å². The number of hydrogen-bond acceptors (Lipinski definition) is 3. The third kappa shape index (κ3) is 2.79. The molecule has 0 amide bonds. The predicted molar refractivity (Wildman–Crippen MR) is 43.9 cm³/mol. The first kappa shape index (κ1) is 11.4. The molecule has 0 aromatic rings. The molecule has 0 spiro atoms. The molecule has 72 valence electrons. The molecular weight excluding hydrogens is 160 g/mol. The molecule has 0 aliphatic rings. The van der Waals surface area contributed by atoms with Crippen LogP contribution in [0.3, 0.4) is 0 Å². The number of hydrogen-bond donors (Lipinski definition) is 2. The van der Waals surface area contributed by atoms with Gasteiger partial charge in [0, 0.05) is 13.7 Å². The van der Waals surface area contributed by atoms with Crippen LogP contribution < -0.4 is 0 Å². The Labute approximate surface area is 72.2 Å². The van der Waals surface area contributed by atoms with Crippen LogP contribution in [0.15, 0.2) is 0 Å². The van der Waals surface area contributed by atoms with Gasteiger partial charge in [0.2, 0.25) is 0 Å². The largest absolute Gasteiger partial charge is 0.479 e. The van der Waals surface area contributed by atoms with Crippen molar-refractivity contribution >= 4 is 5.97 Å². The molecule has 0 bridgehead atoms. The van der Waals surface area contributed by atoms with Crippen LogP contribution in [0.5, 0.6) is 0 Å². The minimum Gasteiger partial charge on any atom is -0.479 e. The van der Waals surface area contributed by atoms with Gasteiger partial charge in [-0.05, 0) is 19.3 Å². The second-order valence-electron chi connectivity index (χ2n) is 3.14. The zero-order valence-electron chi connectivity index (χ0n) is 7.70. The summed E-state index contributed by atoms with van der Waals surface area (Å²) in [5.74, 6) is -1.50. The SMILES string of the molecule is COCCC(C)C(C)(O)C(=O)O. The monoisotopic (exact) mass is 176 g/mol. The van der Waals surface area contributed by atoms with Crippen molar-refractivity contribution < 1.29 is 19.7 Å². The van der Waals surface area contributed by atoms with Crippen molar-refractivity contribution in [2.75, 3.05) is 13.7 Å². The van der Waals surface area contributed by atoms with Gasteiger partial charge >= 0.3 is 5.97 Å². The second kappa shape index (κ2) is 4.42. The Balaban J connectivity index is 4.06. The summed E-state index contributed by atoms with van der Waals surface area (Å²) in [5.41, 5.74) is -1.65. The Morgan fingerprint density at radius 2 is 2.17 bits per heavy atom. The van der Waals surface area contributed by atoms with E-state index in [-0.39, 0.29) is 5.92 Å². The maximum atomic E-state index is 10.5. The molecule has 0 aromatic heterocycles. The van der Waals surface area contributed by atoms with E-state index in [9.17, 15) is 9.90 Å². The topological polar surface area (TPSA) is 66.8 Å². The molecule has 0 aromatic carbocycles. The van der Waals surface area contributed by atoms with E-state index in [0.717, 1.165) is 0 Å². The van der Waals surface area contributed by atoms with E-state index in [2.05, 4.69) is 0 Å². The lowest BCUT2D eigenvalue weighted by Gasteiger charge is -2.25. The lowest BCUT2D eigenvalue weighted by Crippen LogP contribution is -2.41. The van der Waals surface area contributed by atoms with Gasteiger partial charge in [0.25, 0.3) is 0 Å². The molecule has 0 aliphatic heterocycles. The number of methoxy groups -OCH3 is 1. The molecule has 2 N–H and O–H groups in total. The fourth-order valence-corrected chi connectivity index (χ4v) is 0.786. The Morgan fingerprint density at radius 3 is 2.50 bits per heavy atom. The highest BCUT2D eigenvalue weighted by atomic mass is 16.5. The molecule has 4 heteroatoms. The van der Waals surface area contributed by atoms with Crippen molar-refractivity contribution in [2.45, 2.75) is 25.9 Å². The van der Waals surface area contributed by atoms with E-state index in [1.807, 2.05) is 0 Å².